The number of anilines is 1. The molecule has 6 nitrogen and oxygen atoms in total. The van der Waals surface area contributed by atoms with Crippen LogP contribution in [0.4, 0.5) is 5.69 Å². The molecule has 1 amide bonds. The number of para-hydroxylation sites is 1. The summed E-state index contributed by atoms with van der Waals surface area (Å²) in [5.41, 5.74) is 1.09. The molecule has 0 aliphatic carbocycles. The molecule has 1 aromatic carbocycles. The van der Waals surface area contributed by atoms with Gasteiger partial charge in [0.05, 0.1) is 18.7 Å². The van der Waals surface area contributed by atoms with E-state index in [1.807, 2.05) is 11.0 Å². The third-order valence-electron chi connectivity index (χ3n) is 4.02. The van der Waals surface area contributed by atoms with E-state index in [9.17, 15) is 9.59 Å². The molecule has 0 saturated carbocycles. The topological polar surface area (TPSA) is 61.9 Å². The minimum absolute atomic E-state index is 0.0550. The summed E-state index contributed by atoms with van der Waals surface area (Å²) in [7, 11) is 0. The Hall–Kier alpha value is -2.08. The van der Waals surface area contributed by atoms with Gasteiger partial charge in [-0.2, -0.15) is 0 Å². The zero-order valence-corrected chi connectivity index (χ0v) is 13.9. The van der Waals surface area contributed by atoms with E-state index >= 15 is 0 Å². The molecule has 0 atom stereocenters. The van der Waals surface area contributed by atoms with E-state index < -0.39 is 0 Å². The van der Waals surface area contributed by atoms with Crippen LogP contribution < -0.4 is 5.32 Å². The molecular weight excluding hydrogens is 294 g/mol. The Morgan fingerprint density at radius 2 is 1.83 bits per heavy atom. The zero-order chi connectivity index (χ0) is 16.7. The average molecular weight is 319 g/mol. The minimum atomic E-state index is -0.375. The van der Waals surface area contributed by atoms with Crippen molar-refractivity contribution < 1.29 is 14.3 Å². The van der Waals surface area contributed by atoms with Crippen molar-refractivity contribution in [1.29, 1.82) is 0 Å². The van der Waals surface area contributed by atoms with Gasteiger partial charge in [0.15, 0.2) is 0 Å². The third kappa shape index (κ3) is 4.69. The Balaban J connectivity index is 1.91. The van der Waals surface area contributed by atoms with E-state index in [1.54, 1.807) is 25.1 Å². The highest BCUT2D eigenvalue weighted by Gasteiger charge is 2.20. The van der Waals surface area contributed by atoms with Gasteiger partial charge in [0, 0.05) is 31.9 Å². The number of benzene rings is 1. The molecular formula is C17H25N3O3. The Morgan fingerprint density at radius 1 is 1.13 bits per heavy atom. The predicted molar refractivity (Wildman–Crippen MR) is 89.6 cm³/mol. The number of carbonyl (C=O) groups is 2. The molecule has 2 rings (SSSR count). The summed E-state index contributed by atoms with van der Waals surface area (Å²) in [5, 5.41) is 3.07. The quantitative estimate of drug-likeness (QED) is 0.804. The van der Waals surface area contributed by atoms with Gasteiger partial charge in [-0.3, -0.25) is 4.79 Å². The van der Waals surface area contributed by atoms with Gasteiger partial charge in [0.2, 0.25) is 5.91 Å². The van der Waals surface area contributed by atoms with Crippen LogP contribution in [0.15, 0.2) is 24.3 Å². The number of amides is 1. The van der Waals surface area contributed by atoms with Crippen LogP contribution >= 0.6 is 0 Å². The number of hydrogen-bond donors (Lipinski definition) is 1. The fraction of sp³-hybridized carbons (Fsp3) is 0.529. The second-order valence-corrected chi connectivity index (χ2v) is 5.43. The monoisotopic (exact) mass is 319 g/mol. The first-order valence-electron chi connectivity index (χ1n) is 8.15. The number of ether oxygens (including phenoxy) is 1. The fourth-order valence-electron chi connectivity index (χ4n) is 2.62. The Bertz CT molecular complexity index is 540. The molecule has 0 radical (unpaired) electrons. The molecule has 1 fully saturated rings. The van der Waals surface area contributed by atoms with Crippen molar-refractivity contribution in [2.24, 2.45) is 0 Å². The van der Waals surface area contributed by atoms with Crippen LogP contribution in [0.5, 0.6) is 0 Å². The van der Waals surface area contributed by atoms with Crippen molar-refractivity contribution in [3.63, 3.8) is 0 Å². The van der Waals surface area contributed by atoms with Crippen molar-refractivity contribution in [3.05, 3.63) is 29.8 Å². The highest BCUT2D eigenvalue weighted by Crippen LogP contribution is 2.16. The van der Waals surface area contributed by atoms with Gasteiger partial charge in [0.25, 0.3) is 0 Å². The molecule has 0 unspecified atom stereocenters. The number of piperazine rings is 1. The molecule has 1 saturated heterocycles. The number of carbonyl (C=O) groups excluding carboxylic acids is 2. The average Bonchev–Trinajstić information content (AvgIpc) is 2.60. The maximum Gasteiger partial charge on any atom is 0.340 e. The lowest BCUT2D eigenvalue weighted by Crippen LogP contribution is -2.49. The maximum absolute atomic E-state index is 12.3. The predicted octanol–water partition coefficient (Wildman–Crippen LogP) is 1.44. The smallest absolute Gasteiger partial charge is 0.340 e. The molecule has 1 aromatic rings. The molecule has 1 heterocycles. The van der Waals surface area contributed by atoms with E-state index in [1.165, 1.54) is 0 Å². The molecule has 1 N–H and O–H groups in total. The van der Waals surface area contributed by atoms with Crippen molar-refractivity contribution in [2.75, 3.05) is 51.2 Å². The fourth-order valence-corrected chi connectivity index (χ4v) is 2.62. The van der Waals surface area contributed by atoms with Crippen molar-refractivity contribution >= 4 is 17.6 Å². The summed E-state index contributed by atoms with van der Waals surface area (Å²) < 4.78 is 5.04. The van der Waals surface area contributed by atoms with Crippen molar-refractivity contribution in [3.8, 4) is 0 Å². The maximum atomic E-state index is 12.3. The van der Waals surface area contributed by atoms with Gasteiger partial charge in [-0.15, -0.1) is 0 Å². The lowest BCUT2D eigenvalue weighted by molar-refractivity contribution is -0.131. The van der Waals surface area contributed by atoms with Crippen LogP contribution in [0.1, 0.15) is 24.2 Å². The molecule has 23 heavy (non-hydrogen) atoms. The highest BCUT2D eigenvalue weighted by molar-refractivity contribution is 5.96. The SMILES string of the molecule is CCOC(=O)c1ccccc1NCC(=O)N1CCN(CC)CC1. The van der Waals surface area contributed by atoms with E-state index in [2.05, 4.69) is 17.1 Å². The second-order valence-electron chi connectivity index (χ2n) is 5.43. The first kappa shape index (κ1) is 17.3. The molecule has 126 valence electrons. The summed E-state index contributed by atoms with van der Waals surface area (Å²) in [6.45, 7) is 8.79. The molecule has 6 heteroatoms. The van der Waals surface area contributed by atoms with Crippen LogP contribution in [-0.2, 0) is 9.53 Å². The molecule has 0 aromatic heterocycles. The first-order valence-corrected chi connectivity index (χ1v) is 8.15. The molecule has 1 aliphatic heterocycles. The van der Waals surface area contributed by atoms with Gasteiger partial charge in [-0.05, 0) is 25.6 Å². The van der Waals surface area contributed by atoms with Gasteiger partial charge < -0.3 is 19.9 Å². The summed E-state index contributed by atoms with van der Waals surface area (Å²) in [6.07, 6.45) is 0. The second kappa shape index (κ2) is 8.53. The van der Waals surface area contributed by atoms with E-state index in [0.717, 1.165) is 32.7 Å². The number of hydrogen-bond acceptors (Lipinski definition) is 5. The van der Waals surface area contributed by atoms with E-state index in [4.69, 9.17) is 4.74 Å². The van der Waals surface area contributed by atoms with Gasteiger partial charge in [0.1, 0.15) is 0 Å². The first-order chi connectivity index (χ1) is 11.2. The molecule has 0 bridgehead atoms. The summed E-state index contributed by atoms with van der Waals surface area (Å²) in [5.74, 6) is -0.320. The lowest BCUT2D eigenvalue weighted by atomic mass is 10.2. The van der Waals surface area contributed by atoms with Crippen LogP contribution in [0, 0.1) is 0 Å². The summed E-state index contributed by atoms with van der Waals surface area (Å²) in [4.78, 5) is 28.4. The lowest BCUT2D eigenvalue weighted by Gasteiger charge is -2.34. The van der Waals surface area contributed by atoms with E-state index in [0.29, 0.717) is 17.9 Å². The van der Waals surface area contributed by atoms with Gasteiger partial charge in [-0.1, -0.05) is 19.1 Å². The van der Waals surface area contributed by atoms with Gasteiger partial charge >= 0.3 is 5.97 Å². The Morgan fingerprint density at radius 3 is 2.48 bits per heavy atom. The van der Waals surface area contributed by atoms with Crippen molar-refractivity contribution in [1.82, 2.24) is 9.80 Å². The third-order valence-corrected chi connectivity index (χ3v) is 4.02. The van der Waals surface area contributed by atoms with Crippen molar-refractivity contribution in [2.45, 2.75) is 13.8 Å². The largest absolute Gasteiger partial charge is 0.462 e. The van der Waals surface area contributed by atoms with Crippen LogP contribution in [0.2, 0.25) is 0 Å². The number of nitrogens with zero attached hydrogens (tertiary/aromatic N) is 2. The molecule has 1 aliphatic rings. The Labute approximate surface area is 137 Å². The van der Waals surface area contributed by atoms with E-state index in [-0.39, 0.29) is 18.4 Å². The summed E-state index contributed by atoms with van der Waals surface area (Å²) >= 11 is 0. The number of nitrogens with one attached hydrogen (secondary N) is 1. The molecule has 0 spiro atoms. The standard InChI is InChI=1S/C17H25N3O3/c1-3-19-9-11-20(12-10-19)16(21)13-18-15-8-6-5-7-14(15)17(22)23-4-2/h5-8,18H,3-4,9-13H2,1-2H3. The number of rotatable bonds is 6. The van der Waals surface area contributed by atoms with Crippen LogP contribution in [-0.4, -0.2) is 67.6 Å². The summed E-state index contributed by atoms with van der Waals surface area (Å²) in [6, 6.07) is 7.10. The van der Waals surface area contributed by atoms with Crippen LogP contribution in [0.25, 0.3) is 0 Å². The zero-order valence-electron chi connectivity index (χ0n) is 13.9. The Kier molecular flexibility index (Phi) is 6.40. The normalized spacial score (nSPS) is 15.3. The number of esters is 1. The van der Waals surface area contributed by atoms with Gasteiger partial charge in [-0.25, -0.2) is 4.79 Å². The number of likely N-dealkylation sites (N-methyl/N-ethyl adjacent to an activating group) is 1. The highest BCUT2D eigenvalue weighted by atomic mass is 16.5. The minimum Gasteiger partial charge on any atom is -0.462 e. The van der Waals surface area contributed by atoms with Crippen LogP contribution in [0.3, 0.4) is 0 Å².